The van der Waals surface area contributed by atoms with E-state index in [0.717, 1.165) is 6.54 Å². The first kappa shape index (κ1) is 6.34. The average Bonchev–Trinajstić information content (AvgIpc) is 2.59. The molecule has 10 heavy (non-hydrogen) atoms. The van der Waals surface area contributed by atoms with E-state index in [1.54, 1.807) is 11.3 Å². The molecule has 1 N–H and O–H groups in total. The van der Waals surface area contributed by atoms with Gasteiger partial charge in [0.1, 0.15) is 0 Å². The highest BCUT2D eigenvalue weighted by Crippen LogP contribution is 2.21. The maximum Gasteiger partial charge on any atom is 0.0975 e. The van der Waals surface area contributed by atoms with Crippen LogP contribution >= 0.6 is 11.3 Å². The molecule has 1 aromatic rings. The maximum absolute atomic E-state index is 5.39. The second kappa shape index (κ2) is 2.70. The minimum atomic E-state index is 0.297. The highest BCUT2D eigenvalue weighted by molar-refractivity contribution is 7.07. The van der Waals surface area contributed by atoms with Crippen LogP contribution in [0.5, 0.6) is 0 Å². The highest BCUT2D eigenvalue weighted by atomic mass is 32.1. The summed E-state index contributed by atoms with van der Waals surface area (Å²) in [6.07, 6.45) is 0.297. The summed E-state index contributed by atoms with van der Waals surface area (Å²) in [5, 5.41) is 7.36. The smallest absolute Gasteiger partial charge is 0.0975 e. The van der Waals surface area contributed by atoms with E-state index in [1.807, 2.05) is 0 Å². The fourth-order valence-corrected chi connectivity index (χ4v) is 1.78. The minimum absolute atomic E-state index is 0.297. The van der Waals surface area contributed by atoms with E-state index < -0.39 is 0 Å². The van der Waals surface area contributed by atoms with Crippen LogP contribution in [0.15, 0.2) is 16.8 Å². The van der Waals surface area contributed by atoms with Crippen LogP contribution in [0.3, 0.4) is 0 Å². The molecule has 0 spiro atoms. The quantitative estimate of drug-likeness (QED) is 0.661. The Bertz CT molecular complexity index is 191. The van der Waals surface area contributed by atoms with E-state index in [4.69, 9.17) is 4.74 Å². The Kier molecular flexibility index (Phi) is 1.71. The summed E-state index contributed by atoms with van der Waals surface area (Å²) >= 11 is 1.72. The lowest BCUT2D eigenvalue weighted by molar-refractivity contribution is 0.114. The number of hydrogen-bond donors (Lipinski definition) is 1. The Morgan fingerprint density at radius 3 is 3.30 bits per heavy atom. The third-order valence-corrected chi connectivity index (χ3v) is 2.33. The molecule has 0 aliphatic carbocycles. The maximum atomic E-state index is 5.39. The number of thiophene rings is 1. The van der Waals surface area contributed by atoms with Gasteiger partial charge in [-0.25, -0.2) is 0 Å². The zero-order valence-corrected chi connectivity index (χ0v) is 6.36. The Hall–Kier alpha value is -0.380. The molecule has 0 saturated carbocycles. The van der Waals surface area contributed by atoms with E-state index in [9.17, 15) is 0 Å². The summed E-state index contributed by atoms with van der Waals surface area (Å²) < 4.78 is 5.39. The molecule has 0 bridgehead atoms. The van der Waals surface area contributed by atoms with Crippen LogP contribution in [0.1, 0.15) is 11.7 Å². The van der Waals surface area contributed by atoms with Crippen LogP contribution in [0, 0.1) is 0 Å². The van der Waals surface area contributed by atoms with Gasteiger partial charge in [-0.1, -0.05) is 0 Å². The fourth-order valence-electron chi connectivity index (χ4n) is 1.08. The van der Waals surface area contributed by atoms with Gasteiger partial charge >= 0.3 is 0 Å². The summed E-state index contributed by atoms with van der Waals surface area (Å²) in [6, 6.07) is 2.11. The van der Waals surface area contributed by atoms with Crippen LogP contribution in [0.4, 0.5) is 0 Å². The molecular formula is C7H9NOS. The molecule has 0 aromatic carbocycles. The molecule has 1 aliphatic heterocycles. The molecule has 0 radical (unpaired) electrons. The van der Waals surface area contributed by atoms with Crippen molar-refractivity contribution in [2.45, 2.75) is 6.10 Å². The van der Waals surface area contributed by atoms with Crippen LogP contribution in [0.25, 0.3) is 0 Å². The normalized spacial score (nSPS) is 25.4. The molecule has 2 rings (SSSR count). The number of nitrogens with one attached hydrogen (secondary N) is 1. The Morgan fingerprint density at radius 1 is 1.70 bits per heavy atom. The summed E-state index contributed by atoms with van der Waals surface area (Å²) in [5.74, 6) is 0. The molecule has 54 valence electrons. The Morgan fingerprint density at radius 2 is 2.70 bits per heavy atom. The van der Waals surface area contributed by atoms with Crippen molar-refractivity contribution in [1.29, 1.82) is 0 Å². The second-order valence-electron chi connectivity index (χ2n) is 2.31. The van der Waals surface area contributed by atoms with E-state index >= 15 is 0 Å². The predicted octanol–water partition coefficient (Wildman–Crippen LogP) is 1.37. The van der Waals surface area contributed by atoms with Gasteiger partial charge in [0.25, 0.3) is 0 Å². The van der Waals surface area contributed by atoms with Crippen molar-refractivity contribution < 1.29 is 4.74 Å². The Balaban J connectivity index is 2.12. The van der Waals surface area contributed by atoms with Gasteiger partial charge in [-0.05, 0) is 22.4 Å². The van der Waals surface area contributed by atoms with Gasteiger partial charge in [0.05, 0.1) is 12.8 Å². The fraction of sp³-hybridized carbons (Fsp3) is 0.429. The van der Waals surface area contributed by atoms with Gasteiger partial charge in [0.2, 0.25) is 0 Å². The highest BCUT2D eigenvalue weighted by Gasteiger charge is 2.16. The molecule has 1 aromatic heterocycles. The third-order valence-electron chi connectivity index (χ3n) is 1.63. The second-order valence-corrected chi connectivity index (χ2v) is 3.09. The molecule has 2 heterocycles. The third kappa shape index (κ3) is 1.08. The van der Waals surface area contributed by atoms with Gasteiger partial charge in [0.15, 0.2) is 0 Å². The molecule has 1 aliphatic rings. The number of ether oxygens (including phenoxy) is 1. The minimum Gasteiger partial charge on any atom is -0.357 e. The predicted molar refractivity (Wildman–Crippen MR) is 41.0 cm³/mol. The van der Waals surface area contributed by atoms with Crippen molar-refractivity contribution in [3.8, 4) is 0 Å². The molecule has 0 amide bonds. The van der Waals surface area contributed by atoms with Crippen LogP contribution in [0.2, 0.25) is 0 Å². The van der Waals surface area contributed by atoms with Crippen LogP contribution in [-0.2, 0) is 4.74 Å². The van der Waals surface area contributed by atoms with E-state index in [-0.39, 0.29) is 0 Å². The first-order valence-corrected chi connectivity index (χ1v) is 4.25. The lowest BCUT2D eigenvalue weighted by Gasteiger charge is -2.03. The van der Waals surface area contributed by atoms with Gasteiger partial charge in [0, 0.05) is 6.54 Å². The molecular weight excluding hydrogens is 146 g/mol. The molecule has 1 saturated heterocycles. The summed E-state index contributed by atoms with van der Waals surface area (Å²) in [7, 11) is 0. The van der Waals surface area contributed by atoms with Crippen LogP contribution < -0.4 is 5.32 Å². The zero-order chi connectivity index (χ0) is 6.81. The molecule has 1 fully saturated rings. The van der Waals surface area contributed by atoms with E-state index in [2.05, 4.69) is 22.1 Å². The van der Waals surface area contributed by atoms with Crippen molar-refractivity contribution in [2.75, 3.05) is 13.3 Å². The van der Waals surface area contributed by atoms with Gasteiger partial charge < -0.3 is 4.74 Å². The van der Waals surface area contributed by atoms with Crippen molar-refractivity contribution in [3.63, 3.8) is 0 Å². The SMILES string of the molecule is c1cc(C2CNCO2)cs1. The zero-order valence-electron chi connectivity index (χ0n) is 5.54. The summed E-state index contributed by atoms with van der Waals surface area (Å²) in [6.45, 7) is 1.65. The summed E-state index contributed by atoms with van der Waals surface area (Å²) in [4.78, 5) is 0. The lowest BCUT2D eigenvalue weighted by Crippen LogP contribution is -2.07. The number of rotatable bonds is 1. The topological polar surface area (TPSA) is 21.3 Å². The van der Waals surface area contributed by atoms with Gasteiger partial charge in [-0.15, -0.1) is 0 Å². The lowest BCUT2D eigenvalue weighted by atomic mass is 10.2. The van der Waals surface area contributed by atoms with Crippen molar-refractivity contribution in [1.82, 2.24) is 5.32 Å². The molecule has 2 nitrogen and oxygen atoms in total. The largest absolute Gasteiger partial charge is 0.357 e. The van der Waals surface area contributed by atoms with E-state index in [1.165, 1.54) is 5.56 Å². The van der Waals surface area contributed by atoms with Gasteiger partial charge in [-0.2, -0.15) is 11.3 Å². The standard InChI is InChI=1S/C7H9NOS/c1-2-10-4-6(1)7-3-8-5-9-7/h1-2,4,7-8H,3,5H2. The average molecular weight is 155 g/mol. The van der Waals surface area contributed by atoms with Crippen molar-refractivity contribution in [3.05, 3.63) is 22.4 Å². The van der Waals surface area contributed by atoms with Gasteiger partial charge in [-0.3, -0.25) is 5.32 Å². The molecule has 1 unspecified atom stereocenters. The van der Waals surface area contributed by atoms with E-state index in [0.29, 0.717) is 12.8 Å². The first-order valence-electron chi connectivity index (χ1n) is 3.31. The number of hydrogen-bond acceptors (Lipinski definition) is 3. The Labute approximate surface area is 63.8 Å². The van der Waals surface area contributed by atoms with Crippen molar-refractivity contribution in [2.24, 2.45) is 0 Å². The molecule has 1 atom stereocenters. The summed E-state index contributed by atoms with van der Waals surface area (Å²) in [5.41, 5.74) is 1.30. The van der Waals surface area contributed by atoms with Crippen LogP contribution in [-0.4, -0.2) is 13.3 Å². The first-order chi connectivity index (χ1) is 4.97. The monoisotopic (exact) mass is 155 g/mol. The molecule has 3 heteroatoms. The van der Waals surface area contributed by atoms with Crippen molar-refractivity contribution >= 4 is 11.3 Å².